The number of carbonyl (C=O) groups excluding carboxylic acids is 1. The van der Waals surface area contributed by atoms with Crippen molar-refractivity contribution in [2.45, 2.75) is 6.42 Å². The van der Waals surface area contributed by atoms with Gasteiger partial charge >= 0.3 is 0 Å². The van der Waals surface area contributed by atoms with Gasteiger partial charge in [-0.25, -0.2) is 0 Å². The number of fused-ring (bicyclic) bond motifs is 1. The highest BCUT2D eigenvalue weighted by atomic mass is 16.1. The SMILES string of the molecule is O=C1C=C2C=CC=CN2CC1. The summed E-state index contributed by atoms with van der Waals surface area (Å²) in [6.45, 7) is 0.825. The molecule has 0 saturated heterocycles. The number of allylic oxidation sites excluding steroid dienone is 4. The molecule has 2 heteroatoms. The minimum absolute atomic E-state index is 0.233. The first-order valence-corrected chi connectivity index (χ1v) is 3.72. The number of ketones is 1. The second-order valence-corrected chi connectivity index (χ2v) is 2.68. The fraction of sp³-hybridized carbons (Fsp3) is 0.222. The zero-order valence-corrected chi connectivity index (χ0v) is 6.16. The molecule has 0 aromatic rings. The Balaban J connectivity index is 2.33. The van der Waals surface area contributed by atoms with Crippen LogP contribution in [0.15, 0.2) is 36.2 Å². The molecular weight excluding hydrogens is 138 g/mol. The van der Waals surface area contributed by atoms with Gasteiger partial charge < -0.3 is 4.90 Å². The number of nitrogens with zero attached hydrogens (tertiary/aromatic N) is 1. The average molecular weight is 147 g/mol. The van der Waals surface area contributed by atoms with Crippen LogP contribution in [-0.4, -0.2) is 17.2 Å². The van der Waals surface area contributed by atoms with Crippen LogP contribution in [0.4, 0.5) is 0 Å². The van der Waals surface area contributed by atoms with Crippen LogP contribution in [0.25, 0.3) is 0 Å². The lowest BCUT2D eigenvalue weighted by molar-refractivity contribution is -0.115. The van der Waals surface area contributed by atoms with E-state index in [1.165, 1.54) is 0 Å². The number of hydrogen-bond acceptors (Lipinski definition) is 2. The Labute approximate surface area is 65.5 Å². The van der Waals surface area contributed by atoms with Crippen molar-refractivity contribution in [1.82, 2.24) is 4.90 Å². The van der Waals surface area contributed by atoms with E-state index in [2.05, 4.69) is 4.90 Å². The Morgan fingerprint density at radius 1 is 1.36 bits per heavy atom. The topological polar surface area (TPSA) is 20.3 Å². The largest absolute Gasteiger partial charge is 0.347 e. The molecule has 0 spiro atoms. The van der Waals surface area contributed by atoms with Crippen molar-refractivity contribution >= 4 is 5.78 Å². The Morgan fingerprint density at radius 3 is 3.18 bits per heavy atom. The molecule has 0 bridgehead atoms. The summed E-state index contributed by atoms with van der Waals surface area (Å²) in [6, 6.07) is 0. The minimum Gasteiger partial charge on any atom is -0.347 e. The van der Waals surface area contributed by atoms with Crippen molar-refractivity contribution in [3.63, 3.8) is 0 Å². The van der Waals surface area contributed by atoms with Gasteiger partial charge in [0.25, 0.3) is 0 Å². The molecule has 2 heterocycles. The van der Waals surface area contributed by atoms with E-state index in [0.29, 0.717) is 6.42 Å². The summed E-state index contributed by atoms with van der Waals surface area (Å²) in [7, 11) is 0. The van der Waals surface area contributed by atoms with Crippen molar-refractivity contribution in [2.75, 3.05) is 6.54 Å². The van der Waals surface area contributed by atoms with E-state index in [9.17, 15) is 4.79 Å². The van der Waals surface area contributed by atoms with Crippen LogP contribution in [-0.2, 0) is 4.79 Å². The molecule has 56 valence electrons. The monoisotopic (exact) mass is 147 g/mol. The van der Waals surface area contributed by atoms with Crippen LogP contribution >= 0.6 is 0 Å². The van der Waals surface area contributed by atoms with E-state index in [0.717, 1.165) is 12.2 Å². The summed E-state index contributed by atoms with van der Waals surface area (Å²) < 4.78 is 0. The summed E-state index contributed by atoms with van der Waals surface area (Å²) in [5.74, 6) is 0.233. The lowest BCUT2D eigenvalue weighted by atomic mass is 10.1. The van der Waals surface area contributed by atoms with Gasteiger partial charge in [0.2, 0.25) is 0 Å². The van der Waals surface area contributed by atoms with Gasteiger partial charge in [-0.3, -0.25) is 4.79 Å². The van der Waals surface area contributed by atoms with E-state index in [-0.39, 0.29) is 5.78 Å². The standard InChI is InChI=1S/C9H9NO/c11-9-4-6-10-5-2-1-3-8(10)7-9/h1-3,5,7H,4,6H2. The number of carbonyl (C=O) groups is 1. The molecule has 0 aromatic heterocycles. The van der Waals surface area contributed by atoms with Crippen LogP contribution in [0, 0.1) is 0 Å². The molecule has 0 N–H and O–H groups in total. The Bertz CT molecular complexity index is 273. The predicted octanol–water partition coefficient (Wildman–Crippen LogP) is 1.23. The van der Waals surface area contributed by atoms with Gasteiger partial charge in [-0.1, -0.05) is 6.08 Å². The number of rotatable bonds is 0. The van der Waals surface area contributed by atoms with Gasteiger partial charge in [0.1, 0.15) is 0 Å². The first kappa shape index (κ1) is 6.40. The zero-order chi connectivity index (χ0) is 7.68. The molecule has 0 amide bonds. The molecule has 0 radical (unpaired) electrons. The quantitative estimate of drug-likeness (QED) is 0.513. The molecule has 0 aliphatic carbocycles. The highest BCUT2D eigenvalue weighted by Crippen LogP contribution is 2.16. The molecule has 0 saturated carbocycles. The Hall–Kier alpha value is -1.31. The third-order valence-electron chi connectivity index (χ3n) is 1.88. The second-order valence-electron chi connectivity index (χ2n) is 2.68. The summed E-state index contributed by atoms with van der Waals surface area (Å²) in [5, 5.41) is 0. The van der Waals surface area contributed by atoms with Crippen LogP contribution in [0.2, 0.25) is 0 Å². The van der Waals surface area contributed by atoms with E-state index < -0.39 is 0 Å². The fourth-order valence-corrected chi connectivity index (χ4v) is 1.29. The molecular formula is C9H9NO. The van der Waals surface area contributed by atoms with Gasteiger partial charge in [-0.2, -0.15) is 0 Å². The van der Waals surface area contributed by atoms with Gasteiger partial charge in [-0.15, -0.1) is 0 Å². The summed E-state index contributed by atoms with van der Waals surface area (Å²) in [4.78, 5) is 13.0. The smallest absolute Gasteiger partial charge is 0.159 e. The molecule has 0 fully saturated rings. The molecule has 0 unspecified atom stereocenters. The van der Waals surface area contributed by atoms with Crippen LogP contribution in [0.1, 0.15) is 6.42 Å². The number of hydrogen-bond donors (Lipinski definition) is 0. The van der Waals surface area contributed by atoms with Gasteiger partial charge in [0.05, 0.1) is 0 Å². The van der Waals surface area contributed by atoms with Gasteiger partial charge in [-0.05, 0) is 12.2 Å². The van der Waals surface area contributed by atoms with Gasteiger partial charge in [0, 0.05) is 30.9 Å². The lowest BCUT2D eigenvalue weighted by Crippen LogP contribution is -2.25. The zero-order valence-electron chi connectivity index (χ0n) is 6.16. The van der Waals surface area contributed by atoms with Crippen molar-refractivity contribution in [3.8, 4) is 0 Å². The maximum absolute atomic E-state index is 11.0. The molecule has 2 aliphatic heterocycles. The lowest BCUT2D eigenvalue weighted by Gasteiger charge is -2.26. The molecule has 11 heavy (non-hydrogen) atoms. The van der Waals surface area contributed by atoms with Crippen molar-refractivity contribution < 1.29 is 4.79 Å². The normalized spacial score (nSPS) is 21.6. The first-order chi connectivity index (χ1) is 5.36. The van der Waals surface area contributed by atoms with Crippen LogP contribution in [0.3, 0.4) is 0 Å². The average Bonchev–Trinajstić information content (AvgIpc) is 2.04. The molecule has 2 aliphatic rings. The van der Waals surface area contributed by atoms with Crippen LogP contribution in [0.5, 0.6) is 0 Å². The molecule has 0 aromatic carbocycles. The van der Waals surface area contributed by atoms with Crippen molar-refractivity contribution in [1.29, 1.82) is 0 Å². The summed E-state index contributed by atoms with van der Waals surface area (Å²) in [6.07, 6.45) is 10.2. The third kappa shape index (κ3) is 1.11. The second kappa shape index (κ2) is 2.38. The highest BCUT2D eigenvalue weighted by Gasteiger charge is 2.14. The Kier molecular flexibility index (Phi) is 1.39. The maximum Gasteiger partial charge on any atom is 0.159 e. The molecule has 0 atom stereocenters. The first-order valence-electron chi connectivity index (χ1n) is 3.72. The third-order valence-corrected chi connectivity index (χ3v) is 1.88. The predicted molar refractivity (Wildman–Crippen MR) is 42.7 cm³/mol. The van der Waals surface area contributed by atoms with Crippen molar-refractivity contribution in [2.24, 2.45) is 0 Å². The summed E-state index contributed by atoms with van der Waals surface area (Å²) >= 11 is 0. The van der Waals surface area contributed by atoms with Crippen LogP contribution < -0.4 is 0 Å². The van der Waals surface area contributed by atoms with E-state index in [4.69, 9.17) is 0 Å². The highest BCUT2D eigenvalue weighted by molar-refractivity contribution is 5.91. The van der Waals surface area contributed by atoms with Gasteiger partial charge in [0.15, 0.2) is 5.78 Å². The molecule has 2 nitrogen and oxygen atoms in total. The van der Waals surface area contributed by atoms with E-state index in [1.807, 2.05) is 24.4 Å². The van der Waals surface area contributed by atoms with Crippen molar-refractivity contribution in [3.05, 3.63) is 36.2 Å². The van der Waals surface area contributed by atoms with E-state index >= 15 is 0 Å². The fourth-order valence-electron chi connectivity index (χ4n) is 1.29. The maximum atomic E-state index is 11.0. The van der Waals surface area contributed by atoms with E-state index in [1.54, 1.807) is 6.08 Å². The summed E-state index contributed by atoms with van der Waals surface area (Å²) in [5.41, 5.74) is 1.02. The minimum atomic E-state index is 0.233. The molecule has 2 rings (SSSR count). The Morgan fingerprint density at radius 2 is 2.27 bits per heavy atom.